The van der Waals surface area contributed by atoms with Gasteiger partial charge >= 0.3 is 6.09 Å². The summed E-state index contributed by atoms with van der Waals surface area (Å²) in [5.74, 6) is -1.12. The van der Waals surface area contributed by atoms with Gasteiger partial charge in [0.05, 0.1) is 4.34 Å². The Bertz CT molecular complexity index is 649. The summed E-state index contributed by atoms with van der Waals surface area (Å²) < 4.78 is 26.3. The first-order valence-electron chi connectivity index (χ1n) is 6.09. The second-order valence-corrected chi connectivity index (χ2v) is 8.20. The Morgan fingerprint density at radius 2 is 1.95 bits per heavy atom. The topological polar surface area (TPSA) is 104 Å². The van der Waals surface area contributed by atoms with E-state index in [9.17, 15) is 18.0 Å². The Kier molecular flexibility index (Phi) is 4.74. The number of nitrogens with zero attached hydrogens (tertiary/aromatic N) is 1. The SMILES string of the molecule is O=C(NS(=O)(=O)c1ccc(Cl)s1)C1CCN(C(=O)O)CC1. The van der Waals surface area contributed by atoms with Gasteiger partial charge in [0.2, 0.25) is 5.91 Å². The number of piperidine rings is 1. The van der Waals surface area contributed by atoms with Crippen LogP contribution >= 0.6 is 22.9 Å². The second-order valence-electron chi connectivity index (χ2n) is 4.57. The molecule has 7 nitrogen and oxygen atoms in total. The Balaban J connectivity index is 1.98. The average Bonchev–Trinajstić information content (AvgIpc) is 2.86. The number of carboxylic acid groups (broad SMARTS) is 1. The molecule has 0 atom stereocenters. The van der Waals surface area contributed by atoms with Crippen molar-refractivity contribution in [2.45, 2.75) is 17.1 Å². The van der Waals surface area contributed by atoms with Crippen molar-refractivity contribution in [2.75, 3.05) is 13.1 Å². The predicted molar refractivity (Wildman–Crippen MR) is 77.0 cm³/mol. The molecule has 21 heavy (non-hydrogen) atoms. The van der Waals surface area contributed by atoms with E-state index >= 15 is 0 Å². The molecule has 1 saturated heterocycles. The van der Waals surface area contributed by atoms with Gasteiger partial charge in [-0.2, -0.15) is 0 Å². The van der Waals surface area contributed by atoms with Crippen molar-refractivity contribution in [3.05, 3.63) is 16.5 Å². The van der Waals surface area contributed by atoms with E-state index in [0.29, 0.717) is 17.2 Å². The number of likely N-dealkylation sites (tertiary alicyclic amines) is 1. The lowest BCUT2D eigenvalue weighted by molar-refractivity contribution is -0.124. The van der Waals surface area contributed by atoms with Crippen LogP contribution < -0.4 is 4.72 Å². The Hall–Kier alpha value is -1.32. The third-order valence-electron chi connectivity index (χ3n) is 3.18. The summed E-state index contributed by atoms with van der Waals surface area (Å²) in [7, 11) is -3.91. The van der Waals surface area contributed by atoms with E-state index in [2.05, 4.69) is 0 Å². The van der Waals surface area contributed by atoms with Gasteiger partial charge in [0.1, 0.15) is 4.21 Å². The van der Waals surface area contributed by atoms with Crippen LogP contribution in [0.25, 0.3) is 0 Å². The number of amides is 2. The quantitative estimate of drug-likeness (QED) is 0.859. The lowest BCUT2D eigenvalue weighted by Gasteiger charge is -2.28. The molecule has 116 valence electrons. The lowest BCUT2D eigenvalue weighted by Crippen LogP contribution is -2.43. The molecule has 10 heteroatoms. The zero-order chi connectivity index (χ0) is 15.6. The van der Waals surface area contributed by atoms with Crippen LogP contribution in [0.2, 0.25) is 4.34 Å². The number of halogens is 1. The number of carbonyl (C=O) groups is 2. The molecule has 0 radical (unpaired) electrons. The minimum absolute atomic E-state index is 0.0242. The van der Waals surface area contributed by atoms with Crippen LogP contribution in [0.4, 0.5) is 4.79 Å². The Labute approximate surface area is 130 Å². The molecule has 1 aliphatic rings. The van der Waals surface area contributed by atoms with Crippen molar-refractivity contribution in [3.8, 4) is 0 Å². The molecule has 1 aliphatic heterocycles. The molecular formula is C11H13ClN2O5S2. The van der Waals surface area contributed by atoms with Crippen LogP contribution in [0.15, 0.2) is 16.3 Å². The second kappa shape index (κ2) is 6.20. The number of hydrogen-bond donors (Lipinski definition) is 2. The lowest BCUT2D eigenvalue weighted by atomic mass is 9.97. The highest BCUT2D eigenvalue weighted by Crippen LogP contribution is 2.26. The average molecular weight is 353 g/mol. The normalized spacial score (nSPS) is 16.7. The zero-order valence-electron chi connectivity index (χ0n) is 10.8. The van der Waals surface area contributed by atoms with Crippen molar-refractivity contribution in [1.29, 1.82) is 0 Å². The third kappa shape index (κ3) is 3.86. The highest BCUT2D eigenvalue weighted by Gasteiger charge is 2.30. The van der Waals surface area contributed by atoms with Crippen molar-refractivity contribution >= 4 is 45.0 Å². The van der Waals surface area contributed by atoms with Crippen molar-refractivity contribution in [2.24, 2.45) is 5.92 Å². The summed E-state index contributed by atoms with van der Waals surface area (Å²) in [4.78, 5) is 24.0. The van der Waals surface area contributed by atoms with E-state index < -0.39 is 27.9 Å². The summed E-state index contributed by atoms with van der Waals surface area (Å²) in [6.07, 6.45) is -0.424. The number of hydrogen-bond acceptors (Lipinski definition) is 5. The van der Waals surface area contributed by atoms with Gasteiger partial charge in [-0.25, -0.2) is 17.9 Å². The zero-order valence-corrected chi connectivity index (χ0v) is 13.2. The van der Waals surface area contributed by atoms with Gasteiger partial charge in [0.15, 0.2) is 0 Å². The molecule has 0 spiro atoms. The van der Waals surface area contributed by atoms with E-state index in [4.69, 9.17) is 16.7 Å². The molecular weight excluding hydrogens is 340 g/mol. The highest BCUT2D eigenvalue weighted by molar-refractivity contribution is 7.92. The highest BCUT2D eigenvalue weighted by atomic mass is 35.5. The first kappa shape index (κ1) is 16.1. The van der Waals surface area contributed by atoms with Gasteiger partial charge in [-0.3, -0.25) is 4.79 Å². The van der Waals surface area contributed by atoms with Crippen LogP contribution in [-0.2, 0) is 14.8 Å². The van der Waals surface area contributed by atoms with Gasteiger partial charge in [-0.05, 0) is 25.0 Å². The number of thiophene rings is 1. The van der Waals surface area contributed by atoms with E-state index in [1.807, 2.05) is 4.72 Å². The minimum atomic E-state index is -3.91. The maximum absolute atomic E-state index is 12.0. The number of nitrogens with one attached hydrogen (secondary N) is 1. The molecule has 0 aliphatic carbocycles. The van der Waals surface area contributed by atoms with Crippen molar-refractivity contribution < 1.29 is 23.1 Å². The molecule has 2 N–H and O–H groups in total. The van der Waals surface area contributed by atoms with E-state index in [-0.39, 0.29) is 17.3 Å². The van der Waals surface area contributed by atoms with Crippen molar-refractivity contribution in [3.63, 3.8) is 0 Å². The van der Waals surface area contributed by atoms with E-state index in [1.54, 1.807) is 0 Å². The molecule has 0 saturated carbocycles. The number of carbonyl (C=O) groups excluding carboxylic acids is 1. The first-order chi connectivity index (χ1) is 9.79. The predicted octanol–water partition coefficient (Wildman–Crippen LogP) is 1.60. The van der Waals surface area contributed by atoms with Gasteiger partial charge in [0.25, 0.3) is 10.0 Å². The first-order valence-corrected chi connectivity index (χ1v) is 8.77. The van der Waals surface area contributed by atoms with Gasteiger partial charge in [-0.15, -0.1) is 11.3 Å². The summed E-state index contributed by atoms with van der Waals surface area (Å²) in [6.45, 7) is 0.441. The largest absolute Gasteiger partial charge is 0.465 e. The fourth-order valence-electron chi connectivity index (χ4n) is 2.04. The van der Waals surface area contributed by atoms with Crippen LogP contribution in [-0.4, -0.2) is 43.5 Å². The fraction of sp³-hybridized carbons (Fsp3) is 0.455. The summed E-state index contributed by atoms with van der Waals surface area (Å²) in [6, 6.07) is 2.77. The van der Waals surface area contributed by atoms with Gasteiger partial charge < -0.3 is 10.0 Å². The number of rotatable bonds is 3. The summed E-state index contributed by atoms with van der Waals surface area (Å²) in [5.41, 5.74) is 0. The standard InChI is InChI=1S/C11H13ClN2O5S2/c12-8-1-2-9(20-8)21(18,19)13-10(15)7-3-5-14(6-4-7)11(16)17/h1-2,7H,3-6H2,(H,13,15)(H,16,17). The monoisotopic (exact) mass is 352 g/mol. The van der Waals surface area contributed by atoms with E-state index in [1.165, 1.54) is 17.0 Å². The molecule has 0 aromatic carbocycles. The minimum Gasteiger partial charge on any atom is -0.465 e. The van der Waals surface area contributed by atoms with Gasteiger partial charge in [0, 0.05) is 19.0 Å². The van der Waals surface area contributed by atoms with Crippen LogP contribution in [0.1, 0.15) is 12.8 Å². The number of sulfonamides is 1. The van der Waals surface area contributed by atoms with Gasteiger partial charge in [-0.1, -0.05) is 11.6 Å². The molecule has 1 aromatic rings. The molecule has 0 bridgehead atoms. The maximum atomic E-state index is 12.0. The third-order valence-corrected chi connectivity index (χ3v) is 6.25. The fourth-order valence-corrected chi connectivity index (χ4v) is 4.57. The van der Waals surface area contributed by atoms with Crippen molar-refractivity contribution in [1.82, 2.24) is 9.62 Å². The van der Waals surface area contributed by atoms with Crippen LogP contribution in [0.5, 0.6) is 0 Å². The Morgan fingerprint density at radius 3 is 2.43 bits per heavy atom. The van der Waals surface area contributed by atoms with Crippen LogP contribution in [0, 0.1) is 5.92 Å². The van der Waals surface area contributed by atoms with Crippen LogP contribution in [0.3, 0.4) is 0 Å². The summed E-state index contributed by atoms with van der Waals surface area (Å²) in [5, 5.41) is 8.82. The summed E-state index contributed by atoms with van der Waals surface area (Å²) >= 11 is 6.54. The molecule has 1 aromatic heterocycles. The molecule has 2 amide bonds. The van der Waals surface area contributed by atoms with E-state index in [0.717, 1.165) is 11.3 Å². The molecule has 2 heterocycles. The molecule has 0 unspecified atom stereocenters. The molecule has 2 rings (SSSR count). The smallest absolute Gasteiger partial charge is 0.407 e. The Morgan fingerprint density at radius 1 is 1.33 bits per heavy atom. The maximum Gasteiger partial charge on any atom is 0.407 e. The molecule has 1 fully saturated rings.